The van der Waals surface area contributed by atoms with Crippen LogP contribution in [0.2, 0.25) is 0 Å². The highest BCUT2D eigenvalue weighted by Gasteiger charge is 2.20. The lowest BCUT2D eigenvalue weighted by atomic mass is 10.1. The number of hydrogen-bond donors (Lipinski definition) is 2. The third-order valence-corrected chi connectivity index (χ3v) is 4.16. The van der Waals surface area contributed by atoms with E-state index in [0.29, 0.717) is 25.1 Å². The number of hydrogen-bond acceptors (Lipinski definition) is 5. The van der Waals surface area contributed by atoms with Crippen LogP contribution < -0.4 is 10.6 Å². The molecule has 1 unspecified atom stereocenters. The van der Waals surface area contributed by atoms with Crippen molar-refractivity contribution in [3.63, 3.8) is 0 Å². The summed E-state index contributed by atoms with van der Waals surface area (Å²) in [6.07, 6.45) is 2.98. The average Bonchev–Trinajstić information content (AvgIpc) is 3.12. The number of amides is 2. The van der Waals surface area contributed by atoms with Gasteiger partial charge in [0.25, 0.3) is 0 Å². The van der Waals surface area contributed by atoms with Crippen molar-refractivity contribution < 1.29 is 14.0 Å². The summed E-state index contributed by atoms with van der Waals surface area (Å²) in [5, 5.41) is 8.30. The summed E-state index contributed by atoms with van der Waals surface area (Å²) in [5.41, 5.74) is 0.726. The van der Waals surface area contributed by atoms with Crippen LogP contribution in [-0.4, -0.2) is 29.4 Å². The number of carbonyl (C=O) groups is 2. The van der Waals surface area contributed by atoms with Crippen molar-refractivity contribution in [2.45, 2.75) is 25.3 Å². The molecule has 1 saturated heterocycles. The van der Waals surface area contributed by atoms with Gasteiger partial charge in [-0.2, -0.15) is 0 Å². The van der Waals surface area contributed by atoms with Gasteiger partial charge in [0, 0.05) is 24.4 Å². The Morgan fingerprint density at radius 1 is 1.57 bits per heavy atom. The maximum absolute atomic E-state index is 12.0. The quantitative estimate of drug-likeness (QED) is 0.893. The predicted molar refractivity (Wildman–Crippen MR) is 77.7 cm³/mol. The molecule has 6 nitrogen and oxygen atoms in total. The highest BCUT2D eigenvalue weighted by molar-refractivity contribution is 7.13. The van der Waals surface area contributed by atoms with E-state index in [1.165, 1.54) is 11.3 Å². The number of nitrogens with one attached hydrogen (secondary N) is 2. The van der Waals surface area contributed by atoms with Gasteiger partial charge in [-0.05, 0) is 18.6 Å². The molecule has 1 atom stereocenters. The molecule has 21 heavy (non-hydrogen) atoms. The Labute approximate surface area is 125 Å². The highest BCUT2D eigenvalue weighted by atomic mass is 32.1. The van der Waals surface area contributed by atoms with E-state index in [9.17, 15) is 9.59 Å². The minimum atomic E-state index is -0.0764. The van der Waals surface area contributed by atoms with E-state index in [1.54, 1.807) is 12.3 Å². The minimum absolute atomic E-state index is 0.0124. The maximum Gasteiger partial charge on any atom is 0.226 e. The molecular formula is C14H15N3O3S. The van der Waals surface area contributed by atoms with Crippen LogP contribution in [0.3, 0.4) is 0 Å². The molecule has 2 aromatic rings. The van der Waals surface area contributed by atoms with E-state index in [-0.39, 0.29) is 24.3 Å². The number of rotatable bonds is 4. The van der Waals surface area contributed by atoms with Crippen molar-refractivity contribution in [1.29, 1.82) is 0 Å². The number of nitrogens with zero attached hydrogens (tertiary/aromatic N) is 1. The Bertz CT molecular complexity index is 626. The van der Waals surface area contributed by atoms with E-state index < -0.39 is 0 Å². The lowest BCUT2D eigenvalue weighted by molar-refractivity contribution is -0.125. The number of furan rings is 1. The van der Waals surface area contributed by atoms with E-state index >= 15 is 0 Å². The molecule has 0 aliphatic carbocycles. The van der Waals surface area contributed by atoms with E-state index in [0.717, 1.165) is 10.7 Å². The SMILES string of the molecule is O=C1CCC(NC(=O)Cc2csc(-c3ccco3)n2)CN1. The van der Waals surface area contributed by atoms with Gasteiger partial charge in [0.15, 0.2) is 10.8 Å². The van der Waals surface area contributed by atoms with E-state index in [2.05, 4.69) is 15.6 Å². The van der Waals surface area contributed by atoms with Crippen LogP contribution in [0.25, 0.3) is 10.8 Å². The van der Waals surface area contributed by atoms with Crippen LogP contribution in [0.1, 0.15) is 18.5 Å². The van der Waals surface area contributed by atoms with Crippen LogP contribution in [0.15, 0.2) is 28.2 Å². The van der Waals surface area contributed by atoms with Gasteiger partial charge in [-0.15, -0.1) is 11.3 Å². The molecule has 0 bridgehead atoms. The van der Waals surface area contributed by atoms with Gasteiger partial charge in [-0.1, -0.05) is 0 Å². The smallest absolute Gasteiger partial charge is 0.226 e. The second-order valence-corrected chi connectivity index (χ2v) is 5.76. The van der Waals surface area contributed by atoms with Crippen molar-refractivity contribution in [1.82, 2.24) is 15.6 Å². The molecule has 2 aromatic heterocycles. The lowest BCUT2D eigenvalue weighted by Gasteiger charge is -2.23. The maximum atomic E-state index is 12.0. The van der Waals surface area contributed by atoms with Crippen molar-refractivity contribution >= 4 is 23.2 Å². The van der Waals surface area contributed by atoms with Crippen LogP contribution in [0, 0.1) is 0 Å². The first-order valence-electron chi connectivity index (χ1n) is 6.75. The molecule has 0 aromatic carbocycles. The topological polar surface area (TPSA) is 84.2 Å². The summed E-state index contributed by atoms with van der Waals surface area (Å²) < 4.78 is 5.28. The van der Waals surface area contributed by atoms with Crippen molar-refractivity contribution in [3.8, 4) is 10.8 Å². The monoisotopic (exact) mass is 305 g/mol. The first-order valence-corrected chi connectivity index (χ1v) is 7.63. The molecule has 2 amide bonds. The Hall–Kier alpha value is -2.15. The molecule has 1 fully saturated rings. The average molecular weight is 305 g/mol. The fourth-order valence-electron chi connectivity index (χ4n) is 2.20. The zero-order valence-electron chi connectivity index (χ0n) is 11.3. The molecule has 0 radical (unpaired) electrons. The zero-order chi connectivity index (χ0) is 14.7. The number of carbonyl (C=O) groups excluding carboxylic acids is 2. The standard InChI is InChI=1S/C14H15N3O3S/c18-12-4-3-9(7-15-12)16-13(19)6-10-8-21-14(17-10)11-2-1-5-20-11/h1-2,5,8-9H,3-4,6-7H2,(H,15,18)(H,16,19). The summed E-state index contributed by atoms with van der Waals surface area (Å²) in [4.78, 5) is 27.4. The van der Waals surface area contributed by atoms with Crippen LogP contribution in [0.5, 0.6) is 0 Å². The Morgan fingerprint density at radius 3 is 3.19 bits per heavy atom. The normalized spacial score (nSPS) is 18.3. The molecule has 3 heterocycles. The Morgan fingerprint density at radius 2 is 2.48 bits per heavy atom. The Kier molecular flexibility index (Phi) is 4.01. The van der Waals surface area contributed by atoms with Gasteiger partial charge in [0.1, 0.15) is 0 Å². The molecule has 3 rings (SSSR count). The summed E-state index contributed by atoms with van der Waals surface area (Å²) in [6.45, 7) is 0.499. The fraction of sp³-hybridized carbons (Fsp3) is 0.357. The third-order valence-electron chi connectivity index (χ3n) is 3.26. The molecule has 1 aliphatic heterocycles. The summed E-state index contributed by atoms with van der Waals surface area (Å²) in [5.74, 6) is 0.678. The summed E-state index contributed by atoms with van der Waals surface area (Å²) in [6, 6.07) is 3.66. The molecular weight excluding hydrogens is 290 g/mol. The first-order chi connectivity index (χ1) is 10.2. The molecule has 0 spiro atoms. The van der Waals surface area contributed by atoms with E-state index in [4.69, 9.17) is 4.42 Å². The van der Waals surface area contributed by atoms with Gasteiger partial charge >= 0.3 is 0 Å². The summed E-state index contributed by atoms with van der Waals surface area (Å²) in [7, 11) is 0. The largest absolute Gasteiger partial charge is 0.462 e. The van der Waals surface area contributed by atoms with Gasteiger partial charge in [0.2, 0.25) is 11.8 Å². The van der Waals surface area contributed by atoms with Gasteiger partial charge in [-0.3, -0.25) is 9.59 Å². The fourth-order valence-corrected chi connectivity index (χ4v) is 2.99. The molecule has 1 aliphatic rings. The van der Waals surface area contributed by atoms with Crippen LogP contribution in [0.4, 0.5) is 0 Å². The molecule has 2 N–H and O–H groups in total. The number of aromatic nitrogens is 1. The van der Waals surface area contributed by atoms with E-state index in [1.807, 2.05) is 11.4 Å². The molecule has 110 valence electrons. The zero-order valence-corrected chi connectivity index (χ0v) is 12.1. The number of piperidine rings is 1. The van der Waals surface area contributed by atoms with Gasteiger partial charge in [0.05, 0.1) is 18.4 Å². The van der Waals surface area contributed by atoms with Gasteiger partial charge < -0.3 is 15.1 Å². The first kappa shape index (κ1) is 13.8. The number of thiazole rings is 1. The second kappa shape index (κ2) is 6.09. The molecule has 0 saturated carbocycles. The predicted octanol–water partition coefficient (Wildman–Crippen LogP) is 1.34. The highest BCUT2D eigenvalue weighted by Crippen LogP contribution is 2.24. The van der Waals surface area contributed by atoms with Crippen LogP contribution in [-0.2, 0) is 16.0 Å². The lowest BCUT2D eigenvalue weighted by Crippen LogP contribution is -2.48. The van der Waals surface area contributed by atoms with Crippen molar-refractivity contribution in [3.05, 3.63) is 29.5 Å². The molecule has 7 heteroatoms. The summed E-state index contributed by atoms with van der Waals surface area (Å²) >= 11 is 1.45. The van der Waals surface area contributed by atoms with Crippen molar-refractivity contribution in [2.24, 2.45) is 0 Å². The van der Waals surface area contributed by atoms with Gasteiger partial charge in [-0.25, -0.2) is 4.98 Å². The Balaban J connectivity index is 1.54. The third kappa shape index (κ3) is 3.49. The second-order valence-electron chi connectivity index (χ2n) is 4.91. The minimum Gasteiger partial charge on any atom is -0.462 e. The van der Waals surface area contributed by atoms with Crippen molar-refractivity contribution in [2.75, 3.05) is 6.54 Å². The van der Waals surface area contributed by atoms with Crippen LogP contribution >= 0.6 is 11.3 Å².